The first-order valence-corrected chi connectivity index (χ1v) is 26.4. The van der Waals surface area contributed by atoms with Crippen LogP contribution in [0.1, 0.15) is 117 Å². The summed E-state index contributed by atoms with van der Waals surface area (Å²) >= 11 is 0. The van der Waals surface area contributed by atoms with Gasteiger partial charge in [0.2, 0.25) is 0 Å². The Morgan fingerprint density at radius 1 is 0.419 bits per heavy atom. The van der Waals surface area contributed by atoms with E-state index in [1.54, 1.807) is 24.3 Å². The average molecular weight is 1540 g/mol. The van der Waals surface area contributed by atoms with Gasteiger partial charge in [0.05, 0.1) is 11.6 Å². The smallest absolute Gasteiger partial charge is 0.431 e. The molecule has 0 N–H and O–H groups in total. The van der Waals surface area contributed by atoms with Gasteiger partial charge in [0, 0.05) is 85.5 Å². The van der Waals surface area contributed by atoms with E-state index in [4.69, 9.17) is 0 Å². The molecule has 0 amide bonds. The summed E-state index contributed by atoms with van der Waals surface area (Å²) in [7, 11) is 3.86. The SMILES string of the molecule is CC(C)(C)c1c[c-]c(-c2nc(-c3cc(C(F)(F)F)n[n-]3)cc(C(C)(C)C)n2)cc1.CC(C)(C)c1c[c-]c(-c2nc(-c3cc(C(F)(F)F)n[n-]3)cc(C(C)(C)C)n2)cc1.CN1C=CN(c2[c-]cc(F)cc2)[CH-]1.CN1C=CN(c2[c-]cc(F)cc2)[CH-]1.[Ir].[Ir]. The van der Waals surface area contributed by atoms with Crippen LogP contribution in [-0.4, -0.2) is 54.0 Å². The minimum Gasteiger partial charge on any atom is -0.573 e. The molecule has 0 bridgehead atoms. The van der Waals surface area contributed by atoms with Gasteiger partial charge in [-0.2, -0.15) is 51.8 Å². The van der Waals surface area contributed by atoms with Crippen molar-refractivity contribution in [3.05, 3.63) is 205 Å². The molecule has 4 aromatic carbocycles. The largest absolute Gasteiger partial charge is 0.573 e. The quantitative estimate of drug-likeness (QED) is 0.116. The van der Waals surface area contributed by atoms with Crippen LogP contribution in [0.3, 0.4) is 0 Å². The molecule has 0 aliphatic carbocycles. The van der Waals surface area contributed by atoms with Crippen molar-refractivity contribution in [1.29, 1.82) is 0 Å². The van der Waals surface area contributed by atoms with Crippen LogP contribution in [0.5, 0.6) is 0 Å². The van der Waals surface area contributed by atoms with Crippen molar-refractivity contribution in [3.8, 4) is 45.6 Å². The molecule has 462 valence electrons. The van der Waals surface area contributed by atoms with E-state index in [9.17, 15) is 35.1 Å². The molecule has 0 saturated carbocycles. The van der Waals surface area contributed by atoms with Crippen molar-refractivity contribution in [1.82, 2.24) is 50.1 Å². The first-order valence-electron chi connectivity index (χ1n) is 26.4. The molecular formula is C64H64F8Ir2N12-8. The van der Waals surface area contributed by atoms with E-state index in [1.165, 1.54) is 24.3 Å². The summed E-state index contributed by atoms with van der Waals surface area (Å²) in [6.07, 6.45) is -1.49. The second kappa shape index (κ2) is 27.7. The molecule has 0 atom stereocenters. The third-order valence-electron chi connectivity index (χ3n) is 12.6. The summed E-state index contributed by atoms with van der Waals surface area (Å²) in [5.74, 6) is 0.259. The Bertz CT molecular complexity index is 3300. The van der Waals surface area contributed by atoms with Crippen LogP contribution >= 0.6 is 0 Å². The number of benzene rings is 4. The number of nitrogens with zero attached hydrogens (tertiary/aromatic N) is 12. The molecule has 0 saturated heterocycles. The van der Waals surface area contributed by atoms with Crippen LogP contribution in [0.2, 0.25) is 0 Å². The second-order valence-electron chi connectivity index (χ2n) is 23.9. The molecule has 86 heavy (non-hydrogen) atoms. The average Bonchev–Trinajstić information content (AvgIpc) is 1.63. The topological polar surface area (TPSA) is 118 Å². The van der Waals surface area contributed by atoms with Crippen molar-refractivity contribution < 1.29 is 75.3 Å². The van der Waals surface area contributed by atoms with Gasteiger partial charge in [-0.25, -0.2) is 0 Å². The molecule has 4 aromatic heterocycles. The Morgan fingerprint density at radius 2 is 0.779 bits per heavy atom. The Labute approximate surface area is 525 Å². The van der Waals surface area contributed by atoms with Crippen LogP contribution in [0.4, 0.5) is 46.5 Å². The Morgan fingerprint density at radius 3 is 1.02 bits per heavy atom. The molecule has 22 heteroatoms. The zero-order valence-corrected chi connectivity index (χ0v) is 54.5. The zero-order chi connectivity index (χ0) is 61.7. The predicted molar refractivity (Wildman–Crippen MR) is 308 cm³/mol. The molecule has 0 spiro atoms. The summed E-state index contributed by atoms with van der Waals surface area (Å²) in [4.78, 5) is 25.8. The Kier molecular flexibility index (Phi) is 22.4. The number of halogens is 8. The third-order valence-corrected chi connectivity index (χ3v) is 12.6. The standard InChI is InChI=1S/2C22H23F3N4.2C10H9FN2.2Ir/c2*1-20(2,3)14-9-7-13(8-10-14)19-26-15(11-17(27-19)21(4,5)6)16-12-18(29-28-16)22(23,24)25;2*1-12-6-7-13(8-12)10-4-2-9(11)3-5-10;;/h2*7,9-12H,1-6H3;2*2-4,6-8H,1H3;;/q4*-2;;. The molecule has 0 unspecified atom stereocenters. The van der Waals surface area contributed by atoms with Crippen LogP contribution < -0.4 is 20.0 Å². The van der Waals surface area contributed by atoms with Gasteiger partial charge in [0.25, 0.3) is 0 Å². The Hall–Kier alpha value is -7.12. The normalized spacial score (nSPS) is 13.5. The number of hydrogen-bond acceptors (Lipinski definition) is 10. The van der Waals surface area contributed by atoms with Gasteiger partial charge in [0.15, 0.2) is 0 Å². The molecule has 2 radical (unpaired) electrons. The minimum absolute atomic E-state index is 0. The summed E-state index contributed by atoms with van der Waals surface area (Å²) in [6, 6.07) is 37.6. The number of anilines is 2. The molecule has 0 fully saturated rings. The monoisotopic (exact) mass is 1540 g/mol. The van der Waals surface area contributed by atoms with Gasteiger partial charge >= 0.3 is 12.4 Å². The van der Waals surface area contributed by atoms with E-state index in [0.29, 0.717) is 45.6 Å². The van der Waals surface area contributed by atoms with E-state index in [-0.39, 0.29) is 84.9 Å². The van der Waals surface area contributed by atoms with Crippen molar-refractivity contribution >= 4 is 11.4 Å². The summed E-state index contributed by atoms with van der Waals surface area (Å²) in [6.45, 7) is 28.3. The summed E-state index contributed by atoms with van der Waals surface area (Å²) in [5, 5.41) is 13.9. The maximum absolute atomic E-state index is 12.9. The van der Waals surface area contributed by atoms with E-state index in [2.05, 4.69) is 106 Å². The molecule has 8 aromatic rings. The number of aromatic nitrogens is 8. The fourth-order valence-corrected chi connectivity index (χ4v) is 7.65. The zero-order valence-electron chi connectivity index (χ0n) is 49.8. The van der Waals surface area contributed by atoms with Crippen molar-refractivity contribution in [3.63, 3.8) is 0 Å². The third kappa shape index (κ3) is 18.9. The maximum atomic E-state index is 12.9. The summed E-state index contributed by atoms with van der Waals surface area (Å²) < 4.78 is 103. The first-order chi connectivity index (χ1) is 39.0. The molecular weight excluding hydrogens is 1470 g/mol. The minimum atomic E-state index is -4.55. The first kappa shape index (κ1) is 69.6. The van der Waals surface area contributed by atoms with Crippen LogP contribution in [0.15, 0.2) is 122 Å². The van der Waals surface area contributed by atoms with Crippen LogP contribution in [0, 0.1) is 49.2 Å². The molecule has 6 heterocycles. The van der Waals surface area contributed by atoms with Gasteiger partial charge in [-0.05, 0) is 74.0 Å². The van der Waals surface area contributed by atoms with Gasteiger partial charge in [-0.1, -0.05) is 94.5 Å². The Balaban J connectivity index is 0.000000221. The van der Waals surface area contributed by atoms with Gasteiger partial charge in [-0.3, -0.25) is 28.7 Å². The number of alkyl halides is 6. The van der Waals surface area contributed by atoms with E-state index in [1.807, 2.05) is 150 Å². The molecule has 12 nitrogen and oxygen atoms in total. The number of rotatable bonds is 6. The van der Waals surface area contributed by atoms with Crippen LogP contribution in [-0.2, 0) is 74.2 Å². The number of hydrogen-bond donors (Lipinski definition) is 0. The van der Waals surface area contributed by atoms with E-state index in [0.717, 1.165) is 34.6 Å². The summed E-state index contributed by atoms with van der Waals surface area (Å²) in [5.41, 5.74) is 4.60. The van der Waals surface area contributed by atoms with Crippen molar-refractivity contribution in [2.24, 2.45) is 0 Å². The van der Waals surface area contributed by atoms with Crippen molar-refractivity contribution in [2.75, 3.05) is 23.9 Å². The fraction of sp³-hybridized carbons (Fsp3) is 0.312. The van der Waals surface area contributed by atoms with Gasteiger partial charge in [-0.15, -0.1) is 119 Å². The molecule has 10 rings (SSSR count). The van der Waals surface area contributed by atoms with Gasteiger partial charge in [0.1, 0.15) is 11.4 Å². The van der Waals surface area contributed by atoms with Gasteiger partial charge < -0.3 is 40.0 Å². The van der Waals surface area contributed by atoms with E-state index >= 15 is 0 Å². The van der Waals surface area contributed by atoms with E-state index < -0.39 is 23.7 Å². The maximum Gasteiger partial charge on any atom is 0.431 e. The fourth-order valence-electron chi connectivity index (χ4n) is 7.65. The second-order valence-corrected chi connectivity index (χ2v) is 23.9. The predicted octanol–water partition coefficient (Wildman–Crippen LogP) is 15.1. The molecule has 2 aliphatic rings. The molecule has 2 aliphatic heterocycles. The van der Waals surface area contributed by atoms with Crippen molar-refractivity contribution in [2.45, 2.75) is 117 Å². The van der Waals surface area contributed by atoms with Crippen LogP contribution in [0.25, 0.3) is 45.6 Å².